The molecule has 0 saturated heterocycles. The lowest BCUT2D eigenvalue weighted by Crippen LogP contribution is -2.30. The Kier molecular flexibility index (Phi) is 7.07. The average Bonchev–Trinajstić information content (AvgIpc) is 3.26. The minimum Gasteiger partial charge on any atom is -0.494 e. The van der Waals surface area contributed by atoms with Gasteiger partial charge in [-0.3, -0.25) is 14.7 Å². The number of carbonyl (C=O) groups excluding carboxylic acids is 1. The highest BCUT2D eigenvalue weighted by Gasteiger charge is 2.23. The summed E-state index contributed by atoms with van der Waals surface area (Å²) in [5, 5.41) is 0.426. The number of ether oxygens (including phenoxy) is 1. The van der Waals surface area contributed by atoms with Gasteiger partial charge in [-0.25, -0.2) is 9.37 Å². The fraction of sp³-hybridized carbons (Fsp3) is 0.240. The number of anilines is 1. The van der Waals surface area contributed by atoms with Crippen LogP contribution in [-0.2, 0) is 6.54 Å². The van der Waals surface area contributed by atoms with Gasteiger partial charge < -0.3 is 4.74 Å². The molecule has 0 aliphatic heterocycles. The largest absolute Gasteiger partial charge is 0.494 e. The van der Waals surface area contributed by atoms with E-state index >= 15 is 0 Å². The molecule has 0 N–H and O–H groups in total. The third-order valence-corrected chi connectivity index (χ3v) is 6.02. The van der Waals surface area contributed by atoms with Gasteiger partial charge >= 0.3 is 0 Å². The summed E-state index contributed by atoms with van der Waals surface area (Å²) < 4.78 is 20.8. The number of unbranched alkanes of at least 4 members (excludes halogenated alkanes) is 2. The molecule has 0 spiro atoms. The van der Waals surface area contributed by atoms with Gasteiger partial charge in [0.1, 0.15) is 17.1 Å². The molecule has 0 aliphatic rings. The Labute approximate surface area is 190 Å². The molecule has 2 aromatic carbocycles. The first kappa shape index (κ1) is 21.9. The zero-order valence-corrected chi connectivity index (χ0v) is 18.6. The van der Waals surface area contributed by atoms with Gasteiger partial charge in [0.25, 0.3) is 5.91 Å². The second-order valence-corrected chi connectivity index (χ2v) is 8.39. The molecule has 0 unspecified atom stereocenters. The first-order valence-electron chi connectivity index (χ1n) is 10.7. The van der Waals surface area contributed by atoms with Crippen molar-refractivity contribution >= 4 is 32.6 Å². The van der Waals surface area contributed by atoms with E-state index in [-0.39, 0.29) is 18.0 Å². The van der Waals surface area contributed by atoms with Crippen LogP contribution in [-0.4, -0.2) is 22.5 Å². The summed E-state index contributed by atoms with van der Waals surface area (Å²) in [6.45, 7) is 2.98. The lowest BCUT2D eigenvalue weighted by molar-refractivity contribution is 0.0984. The Morgan fingerprint density at radius 3 is 2.75 bits per heavy atom. The molecule has 7 heteroatoms. The molecule has 4 rings (SSSR count). The molecule has 0 fully saturated rings. The smallest absolute Gasteiger partial charge is 0.260 e. The second kappa shape index (κ2) is 10.3. The lowest BCUT2D eigenvalue weighted by atomic mass is 10.2. The summed E-state index contributed by atoms with van der Waals surface area (Å²) in [7, 11) is 0. The van der Waals surface area contributed by atoms with E-state index in [0.29, 0.717) is 33.4 Å². The van der Waals surface area contributed by atoms with Gasteiger partial charge in [-0.1, -0.05) is 49.3 Å². The normalized spacial score (nSPS) is 10.9. The fourth-order valence-corrected chi connectivity index (χ4v) is 4.29. The zero-order chi connectivity index (χ0) is 22.3. The molecule has 164 valence electrons. The fourth-order valence-electron chi connectivity index (χ4n) is 3.32. The van der Waals surface area contributed by atoms with Crippen molar-refractivity contribution in [3.05, 3.63) is 83.9 Å². The quantitative estimate of drug-likeness (QED) is 0.284. The van der Waals surface area contributed by atoms with Gasteiger partial charge in [0.2, 0.25) is 0 Å². The van der Waals surface area contributed by atoms with Crippen LogP contribution in [0, 0.1) is 5.82 Å². The number of pyridine rings is 1. The summed E-state index contributed by atoms with van der Waals surface area (Å²) >= 11 is 1.28. The van der Waals surface area contributed by atoms with Gasteiger partial charge in [0.15, 0.2) is 5.13 Å². The maximum Gasteiger partial charge on any atom is 0.260 e. The number of fused-ring (bicyclic) bond motifs is 1. The van der Waals surface area contributed by atoms with E-state index in [2.05, 4.69) is 16.9 Å². The summed E-state index contributed by atoms with van der Waals surface area (Å²) in [6.07, 6.45) is 4.87. The van der Waals surface area contributed by atoms with Crippen LogP contribution >= 0.6 is 11.3 Å². The van der Waals surface area contributed by atoms with Crippen LogP contribution in [0.4, 0.5) is 9.52 Å². The molecular formula is C25H24FN3O2S. The van der Waals surface area contributed by atoms with Crippen molar-refractivity contribution in [1.82, 2.24) is 9.97 Å². The number of carbonyl (C=O) groups is 1. The molecule has 0 bridgehead atoms. The van der Waals surface area contributed by atoms with Crippen molar-refractivity contribution in [2.45, 2.75) is 32.7 Å². The summed E-state index contributed by atoms with van der Waals surface area (Å²) in [6, 6.07) is 17.5. The van der Waals surface area contributed by atoms with Crippen molar-refractivity contribution < 1.29 is 13.9 Å². The average molecular weight is 450 g/mol. The molecule has 2 heterocycles. The van der Waals surface area contributed by atoms with Crippen molar-refractivity contribution in [3.63, 3.8) is 0 Å². The number of aromatic nitrogens is 2. The number of rotatable bonds is 9. The van der Waals surface area contributed by atoms with E-state index in [0.717, 1.165) is 19.3 Å². The number of thiazole rings is 1. The Morgan fingerprint density at radius 1 is 1.09 bits per heavy atom. The van der Waals surface area contributed by atoms with Gasteiger partial charge in [0, 0.05) is 11.8 Å². The number of para-hydroxylation sites is 1. The summed E-state index contributed by atoms with van der Waals surface area (Å²) in [5.74, 6) is 0.00641. The van der Waals surface area contributed by atoms with Crippen molar-refractivity contribution in [1.29, 1.82) is 0 Å². The second-order valence-electron chi connectivity index (χ2n) is 7.38. The maximum absolute atomic E-state index is 14.3. The lowest BCUT2D eigenvalue weighted by Gasteiger charge is -2.20. The van der Waals surface area contributed by atoms with Crippen LogP contribution in [0.25, 0.3) is 10.2 Å². The van der Waals surface area contributed by atoms with Crippen molar-refractivity contribution in [3.8, 4) is 5.75 Å². The molecular weight excluding hydrogens is 425 g/mol. The minimum absolute atomic E-state index is 0.225. The predicted molar refractivity (Wildman–Crippen MR) is 126 cm³/mol. The van der Waals surface area contributed by atoms with Gasteiger partial charge in [-0.05, 0) is 48.9 Å². The van der Waals surface area contributed by atoms with Crippen LogP contribution < -0.4 is 9.64 Å². The number of amides is 1. The van der Waals surface area contributed by atoms with E-state index < -0.39 is 5.82 Å². The topological polar surface area (TPSA) is 55.3 Å². The minimum atomic E-state index is -0.405. The number of benzene rings is 2. The number of hydrogen-bond donors (Lipinski definition) is 0. The number of halogens is 1. The van der Waals surface area contributed by atoms with Crippen molar-refractivity contribution in [2.24, 2.45) is 0 Å². The van der Waals surface area contributed by atoms with Crippen LogP contribution in [0.3, 0.4) is 0 Å². The van der Waals surface area contributed by atoms with E-state index in [1.54, 1.807) is 41.4 Å². The van der Waals surface area contributed by atoms with Gasteiger partial charge in [0.05, 0.1) is 23.5 Å². The summed E-state index contributed by atoms with van der Waals surface area (Å²) in [5.41, 5.74) is 1.46. The Balaban J connectivity index is 1.65. The van der Waals surface area contributed by atoms with Crippen LogP contribution in [0.1, 0.15) is 42.2 Å². The highest BCUT2D eigenvalue weighted by molar-refractivity contribution is 7.22. The highest BCUT2D eigenvalue weighted by atomic mass is 32.1. The Morgan fingerprint density at radius 2 is 1.97 bits per heavy atom. The first-order chi connectivity index (χ1) is 15.7. The van der Waals surface area contributed by atoms with E-state index in [1.165, 1.54) is 17.4 Å². The molecule has 2 aromatic heterocycles. The van der Waals surface area contributed by atoms with Crippen LogP contribution in [0.15, 0.2) is 66.9 Å². The Bertz CT molecular complexity index is 1200. The SMILES string of the molecule is CCCCCOc1cccc(C(=O)N(Cc2ccccn2)c2nc3c(F)cccc3s2)c1. The van der Waals surface area contributed by atoms with Crippen LogP contribution in [0.5, 0.6) is 5.75 Å². The molecule has 0 aliphatic carbocycles. The molecule has 32 heavy (non-hydrogen) atoms. The Hall–Kier alpha value is -3.32. The number of nitrogens with zero attached hydrogens (tertiary/aromatic N) is 3. The molecule has 0 saturated carbocycles. The number of hydrogen-bond acceptors (Lipinski definition) is 5. The van der Waals surface area contributed by atoms with Crippen LogP contribution in [0.2, 0.25) is 0 Å². The zero-order valence-electron chi connectivity index (χ0n) is 17.8. The summed E-state index contributed by atoms with van der Waals surface area (Å²) in [4.78, 5) is 23.9. The third-order valence-electron chi connectivity index (χ3n) is 4.98. The van der Waals surface area contributed by atoms with E-state index in [4.69, 9.17) is 4.74 Å². The van der Waals surface area contributed by atoms with E-state index in [9.17, 15) is 9.18 Å². The molecule has 0 radical (unpaired) electrons. The van der Waals surface area contributed by atoms with Crippen molar-refractivity contribution in [2.75, 3.05) is 11.5 Å². The third kappa shape index (κ3) is 5.11. The molecule has 0 atom stereocenters. The van der Waals surface area contributed by atoms with E-state index in [1.807, 2.05) is 24.3 Å². The molecule has 5 nitrogen and oxygen atoms in total. The standard InChI is InChI=1S/C25H24FN3O2S/c1-2-3-6-15-31-20-11-7-9-18(16-20)24(30)29(17-19-10-4-5-14-27-19)25-28-23-21(26)12-8-13-22(23)32-25/h4-5,7-14,16H,2-3,6,15,17H2,1H3. The maximum atomic E-state index is 14.3. The first-order valence-corrected chi connectivity index (χ1v) is 11.5. The highest BCUT2D eigenvalue weighted by Crippen LogP contribution is 2.32. The molecule has 4 aromatic rings. The van der Waals surface area contributed by atoms with Gasteiger partial charge in [-0.15, -0.1) is 0 Å². The molecule has 1 amide bonds. The van der Waals surface area contributed by atoms with Gasteiger partial charge in [-0.2, -0.15) is 0 Å². The predicted octanol–water partition coefficient (Wildman–Crippen LogP) is 6.25. The monoisotopic (exact) mass is 449 g/mol.